The first kappa shape index (κ1) is 14.9. The van der Waals surface area contributed by atoms with Gasteiger partial charge in [-0.05, 0) is 18.9 Å². The molecule has 0 bridgehead atoms. The molecular formula is C10H23NO3S. The van der Waals surface area contributed by atoms with Gasteiger partial charge in [-0.1, -0.05) is 13.8 Å². The van der Waals surface area contributed by atoms with Crippen LogP contribution in [0.5, 0.6) is 0 Å². The average molecular weight is 237 g/mol. The highest BCUT2D eigenvalue weighted by Gasteiger charge is 2.20. The predicted molar refractivity (Wildman–Crippen MR) is 62.8 cm³/mol. The fraction of sp³-hybridized carbons (Fsp3) is 1.00. The predicted octanol–water partition coefficient (Wildman–Crippen LogP) is 0.682. The highest BCUT2D eigenvalue weighted by Crippen LogP contribution is 2.10. The summed E-state index contributed by atoms with van der Waals surface area (Å²) >= 11 is 0. The van der Waals surface area contributed by atoms with Crippen LogP contribution in [-0.4, -0.2) is 46.7 Å². The molecule has 0 aliphatic rings. The van der Waals surface area contributed by atoms with Gasteiger partial charge in [-0.2, -0.15) is 0 Å². The molecule has 0 aromatic carbocycles. The van der Waals surface area contributed by atoms with Crippen molar-refractivity contribution in [3.63, 3.8) is 0 Å². The van der Waals surface area contributed by atoms with Gasteiger partial charge in [0.1, 0.15) is 9.84 Å². The van der Waals surface area contributed by atoms with Gasteiger partial charge < -0.3 is 10.1 Å². The third kappa shape index (κ3) is 7.76. The van der Waals surface area contributed by atoms with Crippen LogP contribution in [0.15, 0.2) is 0 Å². The van der Waals surface area contributed by atoms with Gasteiger partial charge in [-0.25, -0.2) is 8.42 Å². The SMILES string of the molecule is CCNC(CS(C)(=O)=O)C(C)CCOC. The largest absolute Gasteiger partial charge is 0.385 e. The van der Waals surface area contributed by atoms with Crippen LogP contribution in [0.25, 0.3) is 0 Å². The van der Waals surface area contributed by atoms with E-state index in [1.807, 2.05) is 6.92 Å². The Bertz CT molecular complexity index is 251. The Kier molecular flexibility index (Phi) is 7.13. The summed E-state index contributed by atoms with van der Waals surface area (Å²) in [7, 11) is -1.26. The number of methoxy groups -OCH3 is 1. The van der Waals surface area contributed by atoms with Gasteiger partial charge in [0.25, 0.3) is 0 Å². The van der Waals surface area contributed by atoms with Gasteiger partial charge in [0.15, 0.2) is 0 Å². The minimum atomic E-state index is -2.92. The normalized spacial score (nSPS) is 16.3. The Hall–Kier alpha value is -0.130. The summed E-state index contributed by atoms with van der Waals surface area (Å²) in [5.74, 6) is 0.505. The van der Waals surface area contributed by atoms with Crippen LogP contribution in [0.1, 0.15) is 20.3 Å². The van der Waals surface area contributed by atoms with Crippen molar-refractivity contribution in [1.82, 2.24) is 5.32 Å². The summed E-state index contributed by atoms with van der Waals surface area (Å²) in [6.07, 6.45) is 2.16. The molecule has 2 atom stereocenters. The van der Waals surface area contributed by atoms with E-state index in [2.05, 4.69) is 12.2 Å². The average Bonchev–Trinajstić information content (AvgIpc) is 2.11. The lowest BCUT2D eigenvalue weighted by Gasteiger charge is -2.23. The van der Waals surface area contributed by atoms with Crippen molar-refractivity contribution in [3.8, 4) is 0 Å². The van der Waals surface area contributed by atoms with Crippen LogP contribution in [0, 0.1) is 5.92 Å². The molecule has 0 rings (SSSR count). The van der Waals surface area contributed by atoms with Crippen molar-refractivity contribution in [1.29, 1.82) is 0 Å². The van der Waals surface area contributed by atoms with Gasteiger partial charge in [0, 0.05) is 26.0 Å². The number of ether oxygens (including phenoxy) is 1. The molecule has 15 heavy (non-hydrogen) atoms. The lowest BCUT2D eigenvalue weighted by molar-refractivity contribution is 0.172. The fourth-order valence-corrected chi connectivity index (χ4v) is 2.62. The lowest BCUT2D eigenvalue weighted by atomic mass is 10.0. The molecule has 0 saturated carbocycles. The lowest BCUT2D eigenvalue weighted by Crippen LogP contribution is -2.40. The second-order valence-electron chi connectivity index (χ2n) is 4.02. The van der Waals surface area contributed by atoms with E-state index in [9.17, 15) is 8.42 Å². The standard InChI is InChI=1S/C10H23NO3S/c1-5-11-10(8-15(4,12)13)9(2)6-7-14-3/h9-11H,5-8H2,1-4H3. The zero-order chi connectivity index (χ0) is 11.9. The maximum atomic E-state index is 11.2. The first-order valence-corrected chi connectivity index (χ1v) is 7.36. The van der Waals surface area contributed by atoms with Gasteiger partial charge in [-0.3, -0.25) is 0 Å². The highest BCUT2D eigenvalue weighted by molar-refractivity contribution is 7.90. The highest BCUT2D eigenvalue weighted by atomic mass is 32.2. The molecule has 0 aliphatic carbocycles. The van der Waals surface area contributed by atoms with Crippen LogP contribution < -0.4 is 5.32 Å². The van der Waals surface area contributed by atoms with Gasteiger partial charge in [0.2, 0.25) is 0 Å². The number of hydrogen-bond donors (Lipinski definition) is 1. The third-order valence-corrected chi connectivity index (χ3v) is 3.38. The third-order valence-electron chi connectivity index (χ3n) is 2.41. The molecule has 0 aliphatic heterocycles. The molecule has 92 valence electrons. The maximum Gasteiger partial charge on any atom is 0.148 e. The smallest absolute Gasteiger partial charge is 0.148 e. The van der Waals surface area contributed by atoms with Crippen LogP contribution in [-0.2, 0) is 14.6 Å². The Morgan fingerprint density at radius 2 is 2.00 bits per heavy atom. The molecule has 2 unspecified atom stereocenters. The molecule has 0 fully saturated rings. The Morgan fingerprint density at radius 3 is 2.40 bits per heavy atom. The number of sulfone groups is 1. The molecule has 0 amide bonds. The van der Waals surface area contributed by atoms with E-state index in [0.717, 1.165) is 13.0 Å². The van der Waals surface area contributed by atoms with E-state index in [-0.39, 0.29) is 11.8 Å². The molecule has 0 heterocycles. The number of rotatable bonds is 8. The second-order valence-corrected chi connectivity index (χ2v) is 6.20. The van der Waals surface area contributed by atoms with Crippen molar-refractivity contribution < 1.29 is 13.2 Å². The summed E-state index contributed by atoms with van der Waals surface area (Å²) in [4.78, 5) is 0. The fourth-order valence-electron chi connectivity index (χ4n) is 1.52. The minimum Gasteiger partial charge on any atom is -0.385 e. The molecule has 0 spiro atoms. The molecule has 0 aromatic heterocycles. The monoisotopic (exact) mass is 237 g/mol. The Morgan fingerprint density at radius 1 is 1.40 bits per heavy atom. The topological polar surface area (TPSA) is 55.4 Å². The zero-order valence-electron chi connectivity index (χ0n) is 10.1. The van der Waals surface area contributed by atoms with Gasteiger partial charge >= 0.3 is 0 Å². The summed E-state index contributed by atoms with van der Waals surface area (Å²) < 4.78 is 27.4. The van der Waals surface area contributed by atoms with Crippen molar-refractivity contribution in [3.05, 3.63) is 0 Å². The molecule has 4 nitrogen and oxygen atoms in total. The first-order chi connectivity index (χ1) is 6.90. The van der Waals surface area contributed by atoms with E-state index in [1.165, 1.54) is 6.26 Å². The van der Waals surface area contributed by atoms with Crippen molar-refractivity contribution >= 4 is 9.84 Å². The summed E-state index contributed by atoms with van der Waals surface area (Å²) in [6.45, 7) is 5.50. The van der Waals surface area contributed by atoms with Crippen LogP contribution in [0.3, 0.4) is 0 Å². The zero-order valence-corrected chi connectivity index (χ0v) is 10.9. The van der Waals surface area contributed by atoms with E-state index in [4.69, 9.17) is 4.74 Å². The van der Waals surface area contributed by atoms with E-state index in [0.29, 0.717) is 12.5 Å². The van der Waals surface area contributed by atoms with Crippen molar-refractivity contribution in [2.75, 3.05) is 32.3 Å². The summed E-state index contributed by atoms with van der Waals surface area (Å²) in [5.41, 5.74) is 0. The molecule has 0 saturated heterocycles. The van der Waals surface area contributed by atoms with Crippen molar-refractivity contribution in [2.24, 2.45) is 5.92 Å². The second kappa shape index (κ2) is 7.19. The Labute approximate surface area is 93.3 Å². The molecule has 5 heteroatoms. The number of hydrogen-bond acceptors (Lipinski definition) is 4. The Balaban J connectivity index is 4.24. The van der Waals surface area contributed by atoms with Crippen LogP contribution >= 0.6 is 0 Å². The van der Waals surface area contributed by atoms with E-state index >= 15 is 0 Å². The van der Waals surface area contributed by atoms with E-state index < -0.39 is 9.84 Å². The van der Waals surface area contributed by atoms with Crippen LogP contribution in [0.2, 0.25) is 0 Å². The quantitative estimate of drug-likeness (QED) is 0.674. The summed E-state index contributed by atoms with van der Waals surface area (Å²) in [5, 5.41) is 3.21. The molecule has 0 aromatic rings. The number of nitrogens with one attached hydrogen (secondary N) is 1. The molecular weight excluding hydrogens is 214 g/mol. The first-order valence-electron chi connectivity index (χ1n) is 5.30. The maximum absolute atomic E-state index is 11.2. The molecule has 1 N–H and O–H groups in total. The van der Waals surface area contributed by atoms with E-state index in [1.54, 1.807) is 7.11 Å². The van der Waals surface area contributed by atoms with Gasteiger partial charge in [-0.15, -0.1) is 0 Å². The molecule has 0 radical (unpaired) electrons. The van der Waals surface area contributed by atoms with Crippen molar-refractivity contribution in [2.45, 2.75) is 26.3 Å². The minimum absolute atomic E-state index is 0.0279. The summed E-state index contributed by atoms with van der Waals surface area (Å²) in [6, 6.07) is 0.0279. The van der Waals surface area contributed by atoms with Gasteiger partial charge in [0.05, 0.1) is 5.75 Å². The van der Waals surface area contributed by atoms with Crippen LogP contribution in [0.4, 0.5) is 0 Å².